The van der Waals surface area contributed by atoms with E-state index in [1.165, 1.54) is 0 Å². The summed E-state index contributed by atoms with van der Waals surface area (Å²) in [4.78, 5) is 13.9. The van der Waals surface area contributed by atoms with Gasteiger partial charge in [0.05, 0.1) is 18.7 Å². The number of nitrogens with zero attached hydrogens (tertiary/aromatic N) is 1. The second-order valence-electron chi connectivity index (χ2n) is 5.09. The fourth-order valence-corrected chi connectivity index (χ4v) is 2.52. The number of fused-ring (bicyclic) bond motifs is 1. The van der Waals surface area contributed by atoms with E-state index in [1.54, 1.807) is 11.8 Å². The number of ether oxygens (including phenoxy) is 1. The highest BCUT2D eigenvalue weighted by Crippen LogP contribution is 2.36. The molecule has 4 heteroatoms. The van der Waals surface area contributed by atoms with Crippen molar-refractivity contribution in [1.82, 2.24) is 4.90 Å². The van der Waals surface area contributed by atoms with E-state index in [0.29, 0.717) is 19.7 Å². The monoisotopic (exact) mass is 233 g/mol. The number of hydrogen-bond donors (Lipinski definition) is 1. The molecule has 1 aromatic carbocycles. The molecule has 2 heterocycles. The van der Waals surface area contributed by atoms with Crippen LogP contribution in [0.2, 0.25) is 0 Å². The van der Waals surface area contributed by atoms with Crippen molar-refractivity contribution in [3.63, 3.8) is 0 Å². The molecule has 17 heavy (non-hydrogen) atoms. The van der Waals surface area contributed by atoms with Crippen LogP contribution in [0.5, 0.6) is 5.75 Å². The molecule has 1 unspecified atom stereocenters. The Balaban J connectivity index is 1.77. The van der Waals surface area contributed by atoms with E-state index in [-0.39, 0.29) is 11.8 Å². The number of hydrogen-bond acceptors (Lipinski definition) is 3. The Kier molecular flexibility index (Phi) is 2.16. The smallest absolute Gasteiger partial charge is 0.233 e. The number of β-amino-alcohol motifs (C(OH)–C–C–N with tert-alkyl or cyclic N) is 1. The molecule has 0 aliphatic carbocycles. The van der Waals surface area contributed by atoms with Gasteiger partial charge in [-0.15, -0.1) is 0 Å². The van der Waals surface area contributed by atoms with Crippen molar-refractivity contribution in [3.8, 4) is 5.75 Å². The molecule has 1 aromatic rings. The van der Waals surface area contributed by atoms with E-state index in [9.17, 15) is 9.90 Å². The number of benzene rings is 1. The summed E-state index contributed by atoms with van der Waals surface area (Å²) < 4.78 is 5.49. The van der Waals surface area contributed by atoms with Crippen molar-refractivity contribution in [3.05, 3.63) is 29.8 Å². The van der Waals surface area contributed by atoms with E-state index in [4.69, 9.17) is 4.74 Å². The van der Waals surface area contributed by atoms with Crippen molar-refractivity contribution in [1.29, 1.82) is 0 Å². The number of rotatable bonds is 1. The molecule has 0 aromatic heterocycles. The lowest BCUT2D eigenvalue weighted by atomic mass is 9.92. The molecule has 3 rings (SSSR count). The first-order valence-electron chi connectivity index (χ1n) is 5.80. The Labute approximate surface area is 99.8 Å². The van der Waals surface area contributed by atoms with Crippen LogP contribution in [0.3, 0.4) is 0 Å². The average Bonchev–Trinajstić information content (AvgIpc) is 2.68. The molecular formula is C13H15NO3. The number of amides is 1. The summed E-state index contributed by atoms with van der Waals surface area (Å²) in [6.07, 6.45) is 0. The maximum absolute atomic E-state index is 12.2. The normalized spacial score (nSPS) is 24.8. The molecule has 0 spiro atoms. The van der Waals surface area contributed by atoms with Crippen LogP contribution in [0.4, 0.5) is 0 Å². The van der Waals surface area contributed by atoms with Gasteiger partial charge in [0.25, 0.3) is 0 Å². The van der Waals surface area contributed by atoms with Crippen molar-refractivity contribution in [2.24, 2.45) is 0 Å². The lowest BCUT2D eigenvalue weighted by molar-refractivity contribution is -0.154. The first-order valence-corrected chi connectivity index (χ1v) is 5.80. The van der Waals surface area contributed by atoms with E-state index in [0.717, 1.165) is 11.3 Å². The summed E-state index contributed by atoms with van der Waals surface area (Å²) in [6, 6.07) is 7.64. The van der Waals surface area contributed by atoms with Crippen LogP contribution in [0, 0.1) is 0 Å². The molecule has 4 nitrogen and oxygen atoms in total. The van der Waals surface area contributed by atoms with Gasteiger partial charge in [-0.2, -0.15) is 0 Å². The van der Waals surface area contributed by atoms with Gasteiger partial charge in [0.15, 0.2) is 0 Å². The van der Waals surface area contributed by atoms with E-state index >= 15 is 0 Å². The van der Waals surface area contributed by atoms with Crippen LogP contribution in [0.25, 0.3) is 0 Å². The maximum Gasteiger partial charge on any atom is 0.233 e. The third-order valence-electron chi connectivity index (χ3n) is 3.37. The third-order valence-corrected chi connectivity index (χ3v) is 3.37. The highest BCUT2D eigenvalue weighted by molar-refractivity contribution is 5.86. The summed E-state index contributed by atoms with van der Waals surface area (Å²) >= 11 is 0. The average molecular weight is 233 g/mol. The lowest BCUT2D eigenvalue weighted by Crippen LogP contribution is -2.62. The van der Waals surface area contributed by atoms with E-state index in [2.05, 4.69) is 0 Å². The first kappa shape index (κ1) is 10.6. The van der Waals surface area contributed by atoms with Crippen LogP contribution in [0.1, 0.15) is 18.4 Å². The summed E-state index contributed by atoms with van der Waals surface area (Å²) in [6.45, 7) is 3.00. The third kappa shape index (κ3) is 1.69. The largest absolute Gasteiger partial charge is 0.492 e. The highest BCUT2D eigenvalue weighted by Gasteiger charge is 2.43. The molecule has 1 atom stereocenters. The van der Waals surface area contributed by atoms with Crippen LogP contribution < -0.4 is 4.74 Å². The molecular weight excluding hydrogens is 218 g/mol. The zero-order valence-electron chi connectivity index (χ0n) is 9.72. The molecule has 1 fully saturated rings. The Morgan fingerprint density at radius 1 is 1.47 bits per heavy atom. The van der Waals surface area contributed by atoms with Gasteiger partial charge in [-0.1, -0.05) is 18.2 Å². The standard InChI is InChI=1S/C13H15NO3/c1-13(16)7-14(8-13)12(15)10-6-17-11-5-3-2-4-9(10)11/h2-5,10,16H,6-8H2,1H3. The molecule has 1 saturated heterocycles. The van der Waals surface area contributed by atoms with Crippen LogP contribution in [-0.4, -0.2) is 41.2 Å². The molecule has 0 radical (unpaired) electrons. The number of para-hydroxylation sites is 1. The van der Waals surface area contributed by atoms with Crippen LogP contribution in [0.15, 0.2) is 24.3 Å². The molecule has 0 saturated carbocycles. The van der Waals surface area contributed by atoms with Crippen molar-refractivity contribution in [2.75, 3.05) is 19.7 Å². The minimum atomic E-state index is -0.714. The number of carbonyl (C=O) groups excluding carboxylic acids is 1. The minimum Gasteiger partial charge on any atom is -0.492 e. The van der Waals surface area contributed by atoms with Crippen molar-refractivity contribution in [2.45, 2.75) is 18.4 Å². The highest BCUT2D eigenvalue weighted by atomic mass is 16.5. The quantitative estimate of drug-likeness (QED) is 0.779. The fourth-order valence-electron chi connectivity index (χ4n) is 2.52. The number of aliphatic hydroxyl groups is 1. The zero-order chi connectivity index (χ0) is 12.0. The predicted molar refractivity (Wildman–Crippen MR) is 61.9 cm³/mol. The molecule has 1 N–H and O–H groups in total. The van der Waals surface area contributed by atoms with Gasteiger partial charge in [0.1, 0.15) is 18.3 Å². The molecule has 90 valence electrons. The zero-order valence-corrected chi connectivity index (χ0v) is 9.72. The Morgan fingerprint density at radius 3 is 2.88 bits per heavy atom. The van der Waals surface area contributed by atoms with Crippen LogP contribution in [-0.2, 0) is 4.79 Å². The topological polar surface area (TPSA) is 49.8 Å². The second-order valence-corrected chi connectivity index (χ2v) is 5.09. The van der Waals surface area contributed by atoms with Gasteiger partial charge in [-0.05, 0) is 13.0 Å². The Morgan fingerprint density at radius 2 is 2.18 bits per heavy atom. The number of likely N-dealkylation sites (tertiary alicyclic amines) is 1. The minimum absolute atomic E-state index is 0.0569. The summed E-state index contributed by atoms with van der Waals surface area (Å²) in [5, 5.41) is 9.65. The lowest BCUT2D eigenvalue weighted by Gasteiger charge is -2.45. The van der Waals surface area contributed by atoms with Gasteiger partial charge in [0, 0.05) is 5.56 Å². The number of carbonyl (C=O) groups is 1. The summed E-state index contributed by atoms with van der Waals surface area (Å²) in [5.74, 6) is 0.655. The Bertz CT molecular complexity index is 461. The van der Waals surface area contributed by atoms with Gasteiger partial charge in [-0.25, -0.2) is 0 Å². The second kappa shape index (κ2) is 3.47. The van der Waals surface area contributed by atoms with E-state index in [1.807, 2.05) is 24.3 Å². The molecule has 0 bridgehead atoms. The predicted octanol–water partition coefficient (Wildman–Crippen LogP) is 0.756. The molecule has 2 aliphatic rings. The molecule has 2 aliphatic heterocycles. The molecule has 1 amide bonds. The first-order chi connectivity index (χ1) is 8.07. The fraction of sp³-hybridized carbons (Fsp3) is 0.462. The van der Waals surface area contributed by atoms with Gasteiger partial charge < -0.3 is 14.7 Å². The summed E-state index contributed by atoms with van der Waals surface area (Å²) in [5.41, 5.74) is 0.248. The van der Waals surface area contributed by atoms with Gasteiger partial charge >= 0.3 is 0 Å². The Hall–Kier alpha value is -1.55. The van der Waals surface area contributed by atoms with Crippen molar-refractivity contribution < 1.29 is 14.6 Å². The van der Waals surface area contributed by atoms with Crippen molar-refractivity contribution >= 4 is 5.91 Å². The van der Waals surface area contributed by atoms with E-state index < -0.39 is 5.60 Å². The summed E-state index contributed by atoms with van der Waals surface area (Å²) in [7, 11) is 0. The SMILES string of the molecule is CC1(O)CN(C(=O)C2COc3ccccc32)C1. The van der Waals surface area contributed by atoms with Crippen LogP contribution >= 0.6 is 0 Å². The van der Waals surface area contributed by atoms with Gasteiger partial charge in [-0.3, -0.25) is 4.79 Å². The van der Waals surface area contributed by atoms with Gasteiger partial charge in [0.2, 0.25) is 5.91 Å². The maximum atomic E-state index is 12.2.